The van der Waals surface area contributed by atoms with Gasteiger partial charge in [0.25, 0.3) is 0 Å². The molecule has 0 radical (unpaired) electrons. The molecule has 0 aromatic heterocycles. The molecule has 0 amide bonds. The summed E-state index contributed by atoms with van der Waals surface area (Å²) in [7, 11) is 0. The maximum atomic E-state index is 8.86. The predicted octanol–water partition coefficient (Wildman–Crippen LogP) is 2.73. The van der Waals surface area contributed by atoms with E-state index in [1.807, 2.05) is 25.1 Å². The van der Waals surface area contributed by atoms with Gasteiger partial charge >= 0.3 is 0 Å². The van der Waals surface area contributed by atoms with E-state index in [-0.39, 0.29) is 6.61 Å². The lowest BCUT2D eigenvalue weighted by Gasteiger charge is -2.07. The third-order valence-corrected chi connectivity index (χ3v) is 2.11. The Balaban J connectivity index is 2.75. The van der Waals surface area contributed by atoms with Crippen LogP contribution in [0.5, 0.6) is 0 Å². The minimum atomic E-state index is 0.150. The van der Waals surface area contributed by atoms with Crippen molar-refractivity contribution in [1.82, 2.24) is 0 Å². The molecule has 0 saturated carbocycles. The van der Waals surface area contributed by atoms with Crippen molar-refractivity contribution in [2.75, 3.05) is 6.61 Å². The van der Waals surface area contributed by atoms with E-state index in [4.69, 9.17) is 5.11 Å². The summed E-state index contributed by atoms with van der Waals surface area (Å²) in [6.45, 7) is 4.23. The van der Waals surface area contributed by atoms with Gasteiger partial charge in [-0.15, -0.1) is 0 Å². The van der Waals surface area contributed by atoms with Crippen LogP contribution < -0.4 is 0 Å². The highest BCUT2D eigenvalue weighted by Gasteiger charge is 2.00. The fourth-order valence-electron chi connectivity index (χ4n) is 1.33. The fourth-order valence-corrected chi connectivity index (χ4v) is 1.33. The van der Waals surface area contributed by atoms with Crippen molar-refractivity contribution in [3.05, 3.63) is 47.5 Å². The summed E-state index contributed by atoms with van der Waals surface area (Å²) < 4.78 is 0. The van der Waals surface area contributed by atoms with Crippen LogP contribution in [0.15, 0.2) is 42.0 Å². The third-order valence-electron chi connectivity index (χ3n) is 2.11. The summed E-state index contributed by atoms with van der Waals surface area (Å²) in [6, 6.07) is 10.3. The SMILES string of the molecule is C/C(=C/C(C)c1ccccc1)CO. The molecule has 1 rings (SSSR count). The van der Waals surface area contributed by atoms with Crippen molar-refractivity contribution < 1.29 is 5.11 Å². The van der Waals surface area contributed by atoms with E-state index in [0.717, 1.165) is 5.57 Å². The van der Waals surface area contributed by atoms with Crippen LogP contribution in [0.1, 0.15) is 25.3 Å². The molecule has 1 aromatic carbocycles. The molecule has 1 aromatic rings. The standard InChI is InChI=1S/C12H16O/c1-10(9-13)8-11(2)12-6-4-3-5-7-12/h3-8,11,13H,9H2,1-2H3/b10-8-. The Labute approximate surface area is 79.7 Å². The van der Waals surface area contributed by atoms with Crippen LogP contribution in [0.4, 0.5) is 0 Å². The lowest BCUT2D eigenvalue weighted by Crippen LogP contribution is -1.92. The molecule has 0 fully saturated rings. The first-order chi connectivity index (χ1) is 6.24. The smallest absolute Gasteiger partial charge is 0.0639 e. The average molecular weight is 176 g/mol. The van der Waals surface area contributed by atoms with Crippen molar-refractivity contribution in [2.24, 2.45) is 0 Å². The van der Waals surface area contributed by atoms with E-state index >= 15 is 0 Å². The molecule has 1 nitrogen and oxygen atoms in total. The highest BCUT2D eigenvalue weighted by molar-refractivity contribution is 5.24. The van der Waals surface area contributed by atoms with Gasteiger partial charge in [0.2, 0.25) is 0 Å². The van der Waals surface area contributed by atoms with Gasteiger partial charge < -0.3 is 5.11 Å². The van der Waals surface area contributed by atoms with Crippen LogP contribution >= 0.6 is 0 Å². The summed E-state index contributed by atoms with van der Waals surface area (Å²) >= 11 is 0. The number of allylic oxidation sites excluding steroid dienone is 1. The molecule has 0 saturated heterocycles. The van der Waals surface area contributed by atoms with Gasteiger partial charge in [-0.25, -0.2) is 0 Å². The van der Waals surface area contributed by atoms with Gasteiger partial charge in [0.1, 0.15) is 0 Å². The lowest BCUT2D eigenvalue weighted by molar-refractivity contribution is 0.330. The summed E-state index contributed by atoms with van der Waals surface area (Å²) in [5, 5.41) is 8.86. The monoisotopic (exact) mass is 176 g/mol. The third kappa shape index (κ3) is 3.03. The van der Waals surface area contributed by atoms with Crippen molar-refractivity contribution in [3.63, 3.8) is 0 Å². The Morgan fingerprint density at radius 1 is 1.38 bits per heavy atom. The first kappa shape index (κ1) is 10.0. The molecule has 0 heterocycles. The van der Waals surface area contributed by atoms with Gasteiger partial charge in [-0.2, -0.15) is 0 Å². The van der Waals surface area contributed by atoms with Gasteiger partial charge in [0.15, 0.2) is 0 Å². The number of hydrogen-bond donors (Lipinski definition) is 1. The van der Waals surface area contributed by atoms with Crippen LogP contribution in [0.3, 0.4) is 0 Å². The van der Waals surface area contributed by atoms with E-state index in [1.54, 1.807) is 0 Å². The zero-order valence-corrected chi connectivity index (χ0v) is 8.20. The maximum absolute atomic E-state index is 8.86. The molecule has 70 valence electrons. The minimum Gasteiger partial charge on any atom is -0.392 e. The molecule has 1 atom stereocenters. The molecule has 0 aliphatic rings. The normalized spacial score (nSPS) is 14.2. The van der Waals surface area contributed by atoms with Crippen LogP contribution in [0, 0.1) is 0 Å². The fraction of sp³-hybridized carbons (Fsp3) is 0.333. The zero-order chi connectivity index (χ0) is 9.68. The number of aliphatic hydroxyl groups is 1. The predicted molar refractivity (Wildman–Crippen MR) is 55.7 cm³/mol. The molecular formula is C12H16O. The molecule has 1 unspecified atom stereocenters. The zero-order valence-electron chi connectivity index (χ0n) is 8.20. The van der Waals surface area contributed by atoms with Crippen molar-refractivity contribution in [3.8, 4) is 0 Å². The summed E-state index contributed by atoms with van der Waals surface area (Å²) in [6.07, 6.45) is 2.09. The van der Waals surface area contributed by atoms with E-state index in [9.17, 15) is 0 Å². The average Bonchev–Trinajstić information content (AvgIpc) is 2.19. The second kappa shape index (κ2) is 4.83. The van der Waals surface area contributed by atoms with Gasteiger partial charge in [0.05, 0.1) is 6.61 Å². The molecule has 0 spiro atoms. The van der Waals surface area contributed by atoms with E-state index < -0.39 is 0 Å². The van der Waals surface area contributed by atoms with Crippen LogP contribution in [0.2, 0.25) is 0 Å². The molecule has 1 N–H and O–H groups in total. The number of rotatable bonds is 3. The van der Waals surface area contributed by atoms with E-state index in [0.29, 0.717) is 5.92 Å². The second-order valence-electron chi connectivity index (χ2n) is 3.37. The van der Waals surface area contributed by atoms with E-state index in [2.05, 4.69) is 25.1 Å². The van der Waals surface area contributed by atoms with Gasteiger partial charge in [0, 0.05) is 0 Å². The Bertz CT molecular complexity index is 274. The highest BCUT2D eigenvalue weighted by atomic mass is 16.3. The first-order valence-corrected chi connectivity index (χ1v) is 4.57. The molecule has 13 heavy (non-hydrogen) atoms. The Morgan fingerprint density at radius 3 is 2.54 bits per heavy atom. The van der Waals surface area contributed by atoms with Crippen LogP contribution in [0.25, 0.3) is 0 Å². The molecule has 1 heteroatoms. The molecule has 0 aliphatic heterocycles. The van der Waals surface area contributed by atoms with Crippen molar-refractivity contribution >= 4 is 0 Å². The largest absolute Gasteiger partial charge is 0.392 e. The Morgan fingerprint density at radius 2 is 2.00 bits per heavy atom. The Hall–Kier alpha value is -1.08. The number of benzene rings is 1. The maximum Gasteiger partial charge on any atom is 0.0639 e. The lowest BCUT2D eigenvalue weighted by atomic mass is 9.99. The van der Waals surface area contributed by atoms with Gasteiger partial charge in [-0.1, -0.05) is 48.9 Å². The Kier molecular flexibility index (Phi) is 3.71. The van der Waals surface area contributed by atoms with E-state index in [1.165, 1.54) is 5.56 Å². The number of hydrogen-bond acceptors (Lipinski definition) is 1. The van der Waals surface area contributed by atoms with Gasteiger partial charge in [-0.3, -0.25) is 0 Å². The highest BCUT2D eigenvalue weighted by Crippen LogP contribution is 2.17. The second-order valence-corrected chi connectivity index (χ2v) is 3.37. The van der Waals surface area contributed by atoms with Crippen LogP contribution in [-0.2, 0) is 0 Å². The van der Waals surface area contributed by atoms with Gasteiger partial charge in [-0.05, 0) is 18.4 Å². The topological polar surface area (TPSA) is 20.2 Å². The summed E-state index contributed by atoms with van der Waals surface area (Å²) in [5.74, 6) is 0.383. The quantitative estimate of drug-likeness (QED) is 0.702. The molecular weight excluding hydrogens is 160 g/mol. The first-order valence-electron chi connectivity index (χ1n) is 4.57. The van der Waals surface area contributed by atoms with Crippen molar-refractivity contribution in [2.45, 2.75) is 19.8 Å². The molecule has 0 aliphatic carbocycles. The summed E-state index contributed by atoms with van der Waals surface area (Å²) in [4.78, 5) is 0. The summed E-state index contributed by atoms with van der Waals surface area (Å²) in [5.41, 5.74) is 2.31. The number of aliphatic hydroxyl groups excluding tert-OH is 1. The minimum absolute atomic E-state index is 0.150. The van der Waals surface area contributed by atoms with Crippen LogP contribution in [-0.4, -0.2) is 11.7 Å². The molecule has 0 bridgehead atoms. The van der Waals surface area contributed by atoms with Crippen molar-refractivity contribution in [1.29, 1.82) is 0 Å².